The maximum Gasteiger partial charge on any atom is 0.255 e. The van der Waals surface area contributed by atoms with Crippen molar-refractivity contribution in [3.8, 4) is 5.75 Å². The molecule has 1 N–H and O–H groups in total. The molecule has 18 heavy (non-hydrogen) atoms. The molecule has 0 bridgehead atoms. The van der Waals surface area contributed by atoms with Gasteiger partial charge in [0.2, 0.25) is 0 Å². The first-order valence-corrected chi connectivity index (χ1v) is 7.05. The number of rotatable bonds is 3. The van der Waals surface area contributed by atoms with Crippen LogP contribution >= 0.6 is 15.9 Å². The predicted molar refractivity (Wildman–Crippen MR) is 75.0 cm³/mol. The fraction of sp³-hybridized carbons (Fsp3) is 0.500. The summed E-state index contributed by atoms with van der Waals surface area (Å²) in [5.41, 5.74) is 0.597. The molecular formula is C14H18BrNO2. The number of halogens is 1. The van der Waals surface area contributed by atoms with E-state index in [2.05, 4.69) is 28.2 Å². The van der Waals surface area contributed by atoms with E-state index in [4.69, 9.17) is 4.74 Å². The van der Waals surface area contributed by atoms with Gasteiger partial charge < -0.3 is 10.1 Å². The lowest BCUT2D eigenvalue weighted by atomic mass is 10.1. The molecule has 3 nitrogen and oxygen atoms in total. The van der Waals surface area contributed by atoms with Gasteiger partial charge in [-0.05, 0) is 37.0 Å². The van der Waals surface area contributed by atoms with E-state index in [1.54, 1.807) is 13.2 Å². The molecule has 2 atom stereocenters. The number of carbonyl (C=O) groups excluding carboxylic acids is 1. The van der Waals surface area contributed by atoms with Crippen molar-refractivity contribution in [2.45, 2.75) is 32.2 Å². The van der Waals surface area contributed by atoms with Crippen LogP contribution in [0.5, 0.6) is 5.75 Å². The van der Waals surface area contributed by atoms with Crippen LogP contribution in [0.15, 0.2) is 22.7 Å². The highest BCUT2D eigenvalue weighted by Gasteiger charge is 2.26. The third-order valence-electron chi connectivity index (χ3n) is 3.59. The lowest BCUT2D eigenvalue weighted by Crippen LogP contribution is -2.36. The Bertz CT molecular complexity index is 447. The molecule has 0 saturated heterocycles. The van der Waals surface area contributed by atoms with Crippen LogP contribution in [0.1, 0.15) is 36.5 Å². The van der Waals surface area contributed by atoms with Gasteiger partial charge in [0.1, 0.15) is 5.75 Å². The Morgan fingerprint density at radius 1 is 1.44 bits per heavy atom. The smallest absolute Gasteiger partial charge is 0.255 e. The lowest BCUT2D eigenvalue weighted by molar-refractivity contribution is 0.0926. The van der Waals surface area contributed by atoms with Gasteiger partial charge in [-0.3, -0.25) is 4.79 Å². The van der Waals surface area contributed by atoms with Crippen molar-refractivity contribution in [1.82, 2.24) is 5.32 Å². The number of hydrogen-bond donors (Lipinski definition) is 1. The summed E-state index contributed by atoms with van der Waals surface area (Å²) in [5, 5.41) is 3.10. The average molecular weight is 312 g/mol. The van der Waals surface area contributed by atoms with E-state index in [1.807, 2.05) is 12.1 Å². The molecule has 0 aromatic heterocycles. The van der Waals surface area contributed by atoms with Crippen LogP contribution in [-0.4, -0.2) is 19.1 Å². The molecule has 1 aromatic rings. The number of amides is 1. The highest BCUT2D eigenvalue weighted by Crippen LogP contribution is 2.27. The Morgan fingerprint density at radius 3 is 2.83 bits per heavy atom. The number of ether oxygens (including phenoxy) is 1. The van der Waals surface area contributed by atoms with Gasteiger partial charge in [0.25, 0.3) is 5.91 Å². The summed E-state index contributed by atoms with van der Waals surface area (Å²) in [6.07, 6.45) is 3.47. The lowest BCUT2D eigenvalue weighted by Gasteiger charge is -2.18. The molecule has 1 saturated carbocycles. The van der Waals surface area contributed by atoms with Gasteiger partial charge in [-0.15, -0.1) is 0 Å². The largest absolute Gasteiger partial charge is 0.496 e. The molecule has 1 aromatic carbocycles. The fourth-order valence-electron chi connectivity index (χ4n) is 2.46. The molecule has 4 heteroatoms. The SMILES string of the molecule is COc1cc(Br)ccc1C(=O)NC1CCCC1C. The van der Waals surface area contributed by atoms with Crippen molar-refractivity contribution in [2.24, 2.45) is 5.92 Å². The topological polar surface area (TPSA) is 38.3 Å². The maximum atomic E-state index is 12.2. The third-order valence-corrected chi connectivity index (χ3v) is 4.08. The van der Waals surface area contributed by atoms with Crippen LogP contribution < -0.4 is 10.1 Å². The molecule has 0 radical (unpaired) electrons. The van der Waals surface area contributed by atoms with E-state index < -0.39 is 0 Å². The van der Waals surface area contributed by atoms with Crippen LogP contribution in [-0.2, 0) is 0 Å². The Labute approximate surface area is 116 Å². The number of nitrogens with one attached hydrogen (secondary N) is 1. The molecule has 1 fully saturated rings. The normalized spacial score (nSPS) is 22.8. The van der Waals surface area contributed by atoms with Gasteiger partial charge in [-0.1, -0.05) is 29.3 Å². The zero-order valence-corrected chi connectivity index (χ0v) is 12.3. The number of hydrogen-bond acceptors (Lipinski definition) is 2. The van der Waals surface area contributed by atoms with Crippen LogP contribution in [0.25, 0.3) is 0 Å². The molecule has 0 heterocycles. The van der Waals surface area contributed by atoms with Gasteiger partial charge in [-0.25, -0.2) is 0 Å². The third kappa shape index (κ3) is 2.86. The van der Waals surface area contributed by atoms with E-state index in [-0.39, 0.29) is 5.91 Å². The summed E-state index contributed by atoms with van der Waals surface area (Å²) in [7, 11) is 1.58. The second-order valence-corrected chi connectivity index (χ2v) is 5.75. The highest BCUT2D eigenvalue weighted by molar-refractivity contribution is 9.10. The molecular weight excluding hydrogens is 294 g/mol. The first kappa shape index (κ1) is 13.4. The summed E-state index contributed by atoms with van der Waals surface area (Å²) in [5.74, 6) is 1.13. The maximum absolute atomic E-state index is 12.2. The molecule has 1 aliphatic carbocycles. The second-order valence-electron chi connectivity index (χ2n) is 4.83. The van der Waals surface area contributed by atoms with Gasteiger partial charge in [-0.2, -0.15) is 0 Å². The molecule has 0 aliphatic heterocycles. The molecule has 1 amide bonds. The van der Waals surface area contributed by atoms with Gasteiger partial charge in [0, 0.05) is 10.5 Å². The summed E-state index contributed by atoms with van der Waals surface area (Å²) >= 11 is 3.37. The van der Waals surface area contributed by atoms with Crippen LogP contribution in [0.4, 0.5) is 0 Å². The van der Waals surface area contributed by atoms with E-state index in [0.29, 0.717) is 23.3 Å². The van der Waals surface area contributed by atoms with Crippen molar-refractivity contribution in [1.29, 1.82) is 0 Å². The Kier molecular flexibility index (Phi) is 4.27. The van der Waals surface area contributed by atoms with Crippen molar-refractivity contribution >= 4 is 21.8 Å². The van der Waals surface area contributed by atoms with Gasteiger partial charge in [0.05, 0.1) is 12.7 Å². The number of benzene rings is 1. The van der Waals surface area contributed by atoms with Crippen LogP contribution in [0.2, 0.25) is 0 Å². The molecule has 98 valence electrons. The number of carbonyl (C=O) groups is 1. The predicted octanol–water partition coefficient (Wildman–Crippen LogP) is 3.38. The Balaban J connectivity index is 2.13. The summed E-state index contributed by atoms with van der Waals surface area (Å²) in [6.45, 7) is 2.19. The van der Waals surface area contributed by atoms with E-state index in [0.717, 1.165) is 10.9 Å². The highest BCUT2D eigenvalue weighted by atomic mass is 79.9. The van der Waals surface area contributed by atoms with Crippen molar-refractivity contribution in [2.75, 3.05) is 7.11 Å². The van der Waals surface area contributed by atoms with Gasteiger partial charge in [0.15, 0.2) is 0 Å². The zero-order valence-electron chi connectivity index (χ0n) is 10.7. The minimum Gasteiger partial charge on any atom is -0.496 e. The Morgan fingerprint density at radius 2 is 2.22 bits per heavy atom. The Hall–Kier alpha value is -1.03. The minimum absolute atomic E-state index is 0.0434. The zero-order chi connectivity index (χ0) is 13.1. The number of methoxy groups -OCH3 is 1. The first-order valence-electron chi connectivity index (χ1n) is 6.26. The first-order chi connectivity index (χ1) is 8.61. The van der Waals surface area contributed by atoms with Crippen molar-refractivity contribution < 1.29 is 9.53 Å². The second kappa shape index (κ2) is 5.74. The van der Waals surface area contributed by atoms with E-state index in [1.165, 1.54) is 12.8 Å². The molecule has 2 rings (SSSR count). The monoisotopic (exact) mass is 311 g/mol. The minimum atomic E-state index is -0.0434. The summed E-state index contributed by atoms with van der Waals surface area (Å²) in [4.78, 5) is 12.2. The molecule has 1 aliphatic rings. The quantitative estimate of drug-likeness (QED) is 0.929. The summed E-state index contributed by atoms with van der Waals surface area (Å²) in [6, 6.07) is 5.76. The van der Waals surface area contributed by atoms with Crippen molar-refractivity contribution in [3.63, 3.8) is 0 Å². The average Bonchev–Trinajstić information content (AvgIpc) is 2.74. The molecule has 2 unspecified atom stereocenters. The van der Waals surface area contributed by atoms with Crippen molar-refractivity contribution in [3.05, 3.63) is 28.2 Å². The fourth-order valence-corrected chi connectivity index (χ4v) is 2.80. The molecule has 0 spiro atoms. The summed E-state index contributed by atoms with van der Waals surface area (Å²) < 4.78 is 6.16. The van der Waals surface area contributed by atoms with E-state index in [9.17, 15) is 4.79 Å². The van der Waals surface area contributed by atoms with Crippen LogP contribution in [0.3, 0.4) is 0 Å². The standard InChI is InChI=1S/C14H18BrNO2/c1-9-4-3-5-12(9)16-14(17)11-7-6-10(15)8-13(11)18-2/h6-9,12H,3-5H2,1-2H3,(H,16,17). The van der Waals surface area contributed by atoms with E-state index >= 15 is 0 Å². The van der Waals surface area contributed by atoms with Gasteiger partial charge >= 0.3 is 0 Å². The van der Waals surface area contributed by atoms with Crippen LogP contribution in [0, 0.1) is 5.92 Å².